The van der Waals surface area contributed by atoms with Crippen LogP contribution in [0.5, 0.6) is 0 Å². The number of hydrogen-bond donors (Lipinski definition) is 1. The molecule has 1 heterocycles. The van der Waals surface area contributed by atoms with E-state index in [2.05, 4.69) is 17.4 Å². The van der Waals surface area contributed by atoms with Gasteiger partial charge in [0.2, 0.25) is 0 Å². The Hall–Kier alpha value is -3.05. The molecule has 28 heavy (non-hydrogen) atoms. The van der Waals surface area contributed by atoms with Gasteiger partial charge in [-0.3, -0.25) is 0 Å². The Balaban J connectivity index is 2.26. The van der Waals surface area contributed by atoms with Crippen molar-refractivity contribution in [1.29, 1.82) is 5.26 Å². The van der Waals surface area contributed by atoms with Crippen molar-refractivity contribution in [3.63, 3.8) is 0 Å². The van der Waals surface area contributed by atoms with Gasteiger partial charge in [-0.15, -0.1) is 0 Å². The van der Waals surface area contributed by atoms with Crippen LogP contribution in [0.1, 0.15) is 18.1 Å². The minimum atomic E-state index is -4.47. The third kappa shape index (κ3) is 3.53. The second-order valence-electron chi connectivity index (χ2n) is 5.96. The van der Waals surface area contributed by atoms with Gasteiger partial charge in [0.05, 0.1) is 22.3 Å². The molecule has 0 saturated heterocycles. The lowest BCUT2D eigenvalue weighted by molar-refractivity contribution is -0.137. The van der Waals surface area contributed by atoms with Gasteiger partial charge >= 0.3 is 6.18 Å². The van der Waals surface area contributed by atoms with Crippen molar-refractivity contribution in [1.82, 2.24) is 4.57 Å². The second kappa shape index (κ2) is 7.52. The Morgan fingerprint density at radius 3 is 2.64 bits per heavy atom. The lowest BCUT2D eigenvalue weighted by Crippen LogP contribution is -2.05. The molecule has 1 N–H and O–H groups in total. The van der Waals surface area contributed by atoms with Crippen LogP contribution in [0.25, 0.3) is 22.2 Å². The molecule has 0 aliphatic rings. The quantitative estimate of drug-likeness (QED) is 0.617. The molecule has 0 radical (unpaired) electrons. The number of aryl methyl sites for hydroxylation is 1. The molecule has 144 valence electrons. The number of rotatable bonds is 5. The molecule has 0 aliphatic carbocycles. The van der Waals surface area contributed by atoms with Crippen LogP contribution in [-0.4, -0.2) is 8.78 Å². The van der Waals surface area contributed by atoms with Crippen molar-refractivity contribution in [3.8, 4) is 17.3 Å². The maximum atomic E-state index is 13.2. The largest absolute Gasteiger partial charge is 0.416 e. The fourth-order valence-electron chi connectivity index (χ4n) is 3.16. The maximum Gasteiger partial charge on any atom is 0.416 e. The number of benzene rings is 2. The number of anilines is 1. The number of nitriles is 1. The summed E-state index contributed by atoms with van der Waals surface area (Å²) in [4.78, 5) is 0. The molecular weight excluding hydrogens is 387 g/mol. The van der Waals surface area contributed by atoms with E-state index in [9.17, 15) is 22.6 Å². The Morgan fingerprint density at radius 2 is 2.04 bits per heavy atom. The van der Waals surface area contributed by atoms with Crippen LogP contribution in [0.3, 0.4) is 0 Å². The number of halogens is 3. The average Bonchev–Trinajstić information content (AvgIpc) is 3.00. The van der Waals surface area contributed by atoms with E-state index in [0.29, 0.717) is 40.0 Å². The molecule has 0 aliphatic heterocycles. The second-order valence-corrected chi connectivity index (χ2v) is 7.09. The minimum Gasteiger partial charge on any atom is -0.340 e. The molecule has 1 unspecified atom stereocenters. The van der Waals surface area contributed by atoms with E-state index >= 15 is 0 Å². The highest BCUT2D eigenvalue weighted by atomic mass is 32.2. The van der Waals surface area contributed by atoms with E-state index in [1.54, 1.807) is 35.8 Å². The first-order valence-corrected chi connectivity index (χ1v) is 9.55. The van der Waals surface area contributed by atoms with Gasteiger partial charge in [0.15, 0.2) is 0 Å². The van der Waals surface area contributed by atoms with E-state index in [1.807, 2.05) is 0 Å². The van der Waals surface area contributed by atoms with Gasteiger partial charge in [0.25, 0.3) is 0 Å². The normalized spacial score (nSPS) is 12.5. The molecular formula is C20H16F3N3OS. The first-order chi connectivity index (χ1) is 13.3. The molecule has 4 nitrogen and oxygen atoms in total. The third-order valence-corrected chi connectivity index (χ3v) is 5.07. The van der Waals surface area contributed by atoms with Gasteiger partial charge in [-0.1, -0.05) is 24.8 Å². The summed E-state index contributed by atoms with van der Waals surface area (Å²) in [6.45, 7) is 5.63. The summed E-state index contributed by atoms with van der Waals surface area (Å²) in [6, 6.07) is 12.4. The van der Waals surface area contributed by atoms with Crippen LogP contribution in [-0.2, 0) is 23.7 Å². The van der Waals surface area contributed by atoms with Gasteiger partial charge in [0, 0.05) is 28.6 Å². The zero-order valence-corrected chi connectivity index (χ0v) is 15.7. The number of aromatic nitrogens is 1. The van der Waals surface area contributed by atoms with Crippen molar-refractivity contribution in [2.75, 3.05) is 4.72 Å². The number of fused-ring (bicyclic) bond motifs is 1. The molecule has 1 atom stereocenters. The number of alkyl halides is 3. The van der Waals surface area contributed by atoms with Gasteiger partial charge in [-0.25, -0.2) is 4.21 Å². The van der Waals surface area contributed by atoms with E-state index < -0.39 is 22.7 Å². The lowest BCUT2D eigenvalue weighted by atomic mass is 10.0. The molecule has 3 aromatic rings. The monoisotopic (exact) mass is 403 g/mol. The number of nitrogens with zero attached hydrogens (tertiary/aromatic N) is 2. The zero-order chi connectivity index (χ0) is 20.5. The summed E-state index contributed by atoms with van der Waals surface area (Å²) in [6.07, 6.45) is -4.47. The van der Waals surface area contributed by atoms with Crippen molar-refractivity contribution < 1.29 is 17.4 Å². The van der Waals surface area contributed by atoms with Crippen LogP contribution in [0.15, 0.2) is 54.5 Å². The van der Waals surface area contributed by atoms with Crippen molar-refractivity contribution in [2.24, 2.45) is 0 Å². The van der Waals surface area contributed by atoms with Crippen molar-refractivity contribution in [3.05, 3.63) is 65.6 Å². The first-order valence-electron chi connectivity index (χ1n) is 8.34. The third-order valence-electron chi connectivity index (χ3n) is 4.33. The highest BCUT2D eigenvalue weighted by Crippen LogP contribution is 2.38. The van der Waals surface area contributed by atoms with Crippen LogP contribution in [0.4, 0.5) is 18.9 Å². The van der Waals surface area contributed by atoms with E-state index in [0.717, 1.165) is 12.1 Å². The maximum absolute atomic E-state index is 13.2. The van der Waals surface area contributed by atoms with Gasteiger partial charge in [-0.2, -0.15) is 18.4 Å². The summed E-state index contributed by atoms with van der Waals surface area (Å²) in [7, 11) is -1.47. The van der Waals surface area contributed by atoms with E-state index in [-0.39, 0.29) is 0 Å². The predicted molar refractivity (Wildman–Crippen MR) is 105 cm³/mol. The van der Waals surface area contributed by atoms with Crippen molar-refractivity contribution in [2.45, 2.75) is 19.6 Å². The molecule has 0 saturated carbocycles. The Bertz CT molecular complexity index is 1130. The molecule has 0 bridgehead atoms. The summed E-state index contributed by atoms with van der Waals surface area (Å²) in [5.74, 6) is 0. The summed E-state index contributed by atoms with van der Waals surface area (Å²) in [5.41, 5.74) is 1.58. The highest BCUT2D eigenvalue weighted by molar-refractivity contribution is 7.89. The SMILES string of the molecule is C=CS(=O)Nc1cccc(-c2c(C#N)c3ccc(C(F)(F)F)cc3n2CC)c1. The summed E-state index contributed by atoms with van der Waals surface area (Å²) < 4.78 is 55.6. The van der Waals surface area contributed by atoms with Crippen LogP contribution in [0.2, 0.25) is 0 Å². The first kappa shape index (κ1) is 19.7. The van der Waals surface area contributed by atoms with Gasteiger partial charge in [0.1, 0.15) is 17.1 Å². The standard InChI is InChI=1S/C20H16F3N3OS/c1-3-26-18-11-14(20(21,22)23)8-9-16(18)17(12-24)19(26)13-6-5-7-15(10-13)25-28(27)4-2/h4-11,25H,2-3H2,1H3. The number of hydrogen-bond acceptors (Lipinski definition) is 2. The average molecular weight is 403 g/mol. The molecule has 3 rings (SSSR count). The molecule has 0 amide bonds. The van der Waals surface area contributed by atoms with E-state index in [4.69, 9.17) is 0 Å². The van der Waals surface area contributed by atoms with Crippen LogP contribution >= 0.6 is 0 Å². The summed E-state index contributed by atoms with van der Waals surface area (Å²) >= 11 is 0. The Morgan fingerprint density at radius 1 is 1.29 bits per heavy atom. The Kier molecular flexibility index (Phi) is 5.29. The topological polar surface area (TPSA) is 57.8 Å². The van der Waals surface area contributed by atoms with Crippen LogP contribution < -0.4 is 4.72 Å². The molecule has 0 spiro atoms. The molecule has 2 aromatic carbocycles. The fraction of sp³-hybridized carbons (Fsp3) is 0.150. The molecule has 1 aromatic heterocycles. The van der Waals surface area contributed by atoms with Crippen molar-refractivity contribution >= 4 is 27.6 Å². The number of nitrogens with one attached hydrogen (secondary N) is 1. The predicted octanol–water partition coefficient (Wildman–Crippen LogP) is 5.44. The molecule has 8 heteroatoms. The lowest BCUT2D eigenvalue weighted by Gasteiger charge is -2.11. The summed E-state index contributed by atoms with van der Waals surface area (Å²) in [5, 5.41) is 11.4. The van der Waals surface area contributed by atoms with E-state index in [1.165, 1.54) is 11.5 Å². The molecule has 0 fully saturated rings. The zero-order valence-electron chi connectivity index (χ0n) is 14.9. The smallest absolute Gasteiger partial charge is 0.340 e. The Labute approximate surface area is 162 Å². The van der Waals surface area contributed by atoms with Gasteiger partial charge < -0.3 is 9.29 Å². The minimum absolute atomic E-state index is 0.299. The highest BCUT2D eigenvalue weighted by Gasteiger charge is 2.31. The van der Waals surface area contributed by atoms with Gasteiger partial charge in [-0.05, 0) is 31.2 Å². The van der Waals surface area contributed by atoms with Crippen LogP contribution in [0, 0.1) is 11.3 Å². The fourth-order valence-corrected chi connectivity index (χ4v) is 3.60.